The molecule has 2 fully saturated rings. The number of halogens is 1. The maximum absolute atomic E-state index is 5.42. The van der Waals surface area contributed by atoms with Crippen LogP contribution < -0.4 is 0 Å². The van der Waals surface area contributed by atoms with Gasteiger partial charge in [0.1, 0.15) is 0 Å². The summed E-state index contributed by atoms with van der Waals surface area (Å²) < 4.78 is 9.68. The highest BCUT2D eigenvalue weighted by Crippen LogP contribution is 2.10. The lowest BCUT2D eigenvalue weighted by Gasteiger charge is -2.22. The highest BCUT2D eigenvalue weighted by atomic mass is 35.5. The molecular formula is C8H15ClO2. The van der Waals surface area contributed by atoms with Gasteiger partial charge in [0.15, 0.2) is 0 Å². The third-order valence-corrected chi connectivity index (χ3v) is 2.17. The van der Waals surface area contributed by atoms with E-state index in [0.29, 0.717) is 5.92 Å². The zero-order valence-electron chi connectivity index (χ0n) is 6.88. The molecule has 11 heavy (non-hydrogen) atoms. The van der Waals surface area contributed by atoms with Crippen molar-refractivity contribution in [2.45, 2.75) is 6.92 Å². The van der Waals surface area contributed by atoms with E-state index in [2.05, 4.69) is 6.92 Å². The number of hydrogen-bond acceptors (Lipinski definition) is 2. The van der Waals surface area contributed by atoms with Crippen LogP contribution in [0.3, 0.4) is 0 Å². The molecule has 2 saturated heterocycles. The van der Waals surface area contributed by atoms with E-state index in [-0.39, 0.29) is 0 Å². The normalized spacial score (nSPS) is 24.5. The smallest absolute Gasteiger partial charge is 0.0527 e. The zero-order chi connectivity index (χ0) is 8.10. The van der Waals surface area contributed by atoms with Gasteiger partial charge in [0.25, 0.3) is 0 Å². The van der Waals surface area contributed by atoms with Crippen LogP contribution in [0, 0.1) is 11.8 Å². The minimum absolute atomic E-state index is 0.659. The van der Waals surface area contributed by atoms with Gasteiger partial charge < -0.3 is 9.47 Å². The Morgan fingerprint density at radius 3 is 1.64 bits per heavy atom. The summed E-state index contributed by atoms with van der Waals surface area (Å²) in [5.41, 5.74) is 0. The molecule has 66 valence electrons. The summed E-state index contributed by atoms with van der Waals surface area (Å²) >= 11 is 5.42. The van der Waals surface area contributed by atoms with E-state index in [4.69, 9.17) is 21.1 Å². The molecule has 0 bridgehead atoms. The van der Waals surface area contributed by atoms with E-state index in [1.54, 1.807) is 0 Å². The molecule has 2 nitrogen and oxygen atoms in total. The van der Waals surface area contributed by atoms with Gasteiger partial charge in [-0.1, -0.05) is 6.92 Å². The number of ether oxygens (including phenoxy) is 2. The van der Waals surface area contributed by atoms with E-state index < -0.39 is 0 Å². The molecule has 0 aliphatic carbocycles. The predicted octanol–water partition coefficient (Wildman–Crippen LogP) is 1.52. The van der Waals surface area contributed by atoms with Crippen molar-refractivity contribution in [2.75, 3.05) is 32.3 Å². The topological polar surface area (TPSA) is 18.5 Å². The molecule has 0 saturated carbocycles. The Bertz CT molecular complexity index is 97.5. The molecule has 0 atom stereocenters. The molecule has 0 aromatic rings. The minimum atomic E-state index is 0.659. The SMILES string of the molecule is CC1COC1.ClCC1COC1. The molecule has 0 spiro atoms. The predicted molar refractivity (Wildman–Crippen MR) is 45.0 cm³/mol. The second-order valence-corrected chi connectivity index (χ2v) is 3.51. The Morgan fingerprint density at radius 1 is 1.18 bits per heavy atom. The molecule has 2 aliphatic heterocycles. The minimum Gasteiger partial charge on any atom is -0.381 e. The molecule has 0 unspecified atom stereocenters. The summed E-state index contributed by atoms with van der Waals surface area (Å²) in [5, 5.41) is 0. The van der Waals surface area contributed by atoms with Crippen LogP contribution in [-0.4, -0.2) is 32.3 Å². The van der Waals surface area contributed by atoms with Gasteiger partial charge in [-0.2, -0.15) is 0 Å². The molecule has 0 amide bonds. The molecule has 2 aliphatic rings. The summed E-state index contributed by atoms with van der Waals surface area (Å²) in [6, 6.07) is 0. The summed E-state index contributed by atoms with van der Waals surface area (Å²) in [5.74, 6) is 2.27. The van der Waals surface area contributed by atoms with Crippen LogP contribution in [0.25, 0.3) is 0 Å². The molecular weight excluding hydrogens is 164 g/mol. The van der Waals surface area contributed by atoms with Crippen LogP contribution >= 0.6 is 11.6 Å². The van der Waals surface area contributed by atoms with Crippen molar-refractivity contribution in [3.63, 3.8) is 0 Å². The second-order valence-electron chi connectivity index (χ2n) is 3.20. The van der Waals surface area contributed by atoms with Crippen molar-refractivity contribution in [2.24, 2.45) is 11.8 Å². The fourth-order valence-corrected chi connectivity index (χ4v) is 0.905. The summed E-state index contributed by atoms with van der Waals surface area (Å²) in [7, 11) is 0. The Hall–Kier alpha value is 0.210. The maximum Gasteiger partial charge on any atom is 0.0527 e. The first-order valence-corrected chi connectivity index (χ1v) is 4.58. The Labute approximate surface area is 72.8 Å². The lowest BCUT2D eigenvalue weighted by molar-refractivity contribution is -0.0221. The van der Waals surface area contributed by atoms with Crippen LogP contribution in [0.5, 0.6) is 0 Å². The first-order valence-electron chi connectivity index (χ1n) is 4.04. The third kappa shape index (κ3) is 3.41. The lowest BCUT2D eigenvalue weighted by atomic mass is 10.1. The molecule has 2 heterocycles. The Morgan fingerprint density at radius 2 is 1.64 bits per heavy atom. The second kappa shape index (κ2) is 4.96. The molecule has 0 aromatic carbocycles. The highest BCUT2D eigenvalue weighted by Gasteiger charge is 2.15. The zero-order valence-corrected chi connectivity index (χ0v) is 7.64. The van der Waals surface area contributed by atoms with Crippen molar-refractivity contribution < 1.29 is 9.47 Å². The molecule has 2 rings (SSSR count). The summed E-state index contributed by atoms with van der Waals surface area (Å²) in [6.07, 6.45) is 0. The largest absolute Gasteiger partial charge is 0.381 e. The Kier molecular flexibility index (Phi) is 4.20. The quantitative estimate of drug-likeness (QED) is 0.567. The monoisotopic (exact) mass is 178 g/mol. The van der Waals surface area contributed by atoms with E-state index in [1.807, 2.05) is 0 Å². The average molecular weight is 179 g/mol. The fourth-order valence-electron chi connectivity index (χ4n) is 0.727. The van der Waals surface area contributed by atoms with Gasteiger partial charge in [-0.05, 0) is 0 Å². The van der Waals surface area contributed by atoms with Gasteiger partial charge in [-0.15, -0.1) is 11.6 Å². The van der Waals surface area contributed by atoms with Crippen LogP contribution in [0.1, 0.15) is 6.92 Å². The van der Waals surface area contributed by atoms with Gasteiger partial charge in [0.2, 0.25) is 0 Å². The van der Waals surface area contributed by atoms with Crippen molar-refractivity contribution in [1.82, 2.24) is 0 Å². The summed E-state index contributed by atoms with van der Waals surface area (Å²) in [6.45, 7) is 5.91. The highest BCUT2D eigenvalue weighted by molar-refractivity contribution is 6.18. The van der Waals surface area contributed by atoms with Gasteiger partial charge in [-0.25, -0.2) is 0 Å². The van der Waals surface area contributed by atoms with Crippen molar-refractivity contribution in [3.05, 3.63) is 0 Å². The van der Waals surface area contributed by atoms with E-state index in [0.717, 1.165) is 38.2 Å². The lowest BCUT2D eigenvalue weighted by Crippen LogP contribution is -2.28. The first kappa shape index (κ1) is 9.30. The average Bonchev–Trinajstić information content (AvgIpc) is 1.83. The van der Waals surface area contributed by atoms with Crippen LogP contribution in [0.4, 0.5) is 0 Å². The van der Waals surface area contributed by atoms with E-state index in [1.165, 1.54) is 0 Å². The van der Waals surface area contributed by atoms with Gasteiger partial charge in [0, 0.05) is 17.7 Å². The first-order chi connectivity index (χ1) is 5.33. The molecule has 0 radical (unpaired) electrons. The van der Waals surface area contributed by atoms with E-state index >= 15 is 0 Å². The molecule has 3 heteroatoms. The third-order valence-electron chi connectivity index (χ3n) is 1.73. The van der Waals surface area contributed by atoms with Gasteiger partial charge >= 0.3 is 0 Å². The van der Waals surface area contributed by atoms with Crippen LogP contribution in [0.15, 0.2) is 0 Å². The number of rotatable bonds is 1. The van der Waals surface area contributed by atoms with Crippen LogP contribution in [-0.2, 0) is 9.47 Å². The van der Waals surface area contributed by atoms with Gasteiger partial charge in [0.05, 0.1) is 26.4 Å². The van der Waals surface area contributed by atoms with Crippen molar-refractivity contribution in [3.8, 4) is 0 Å². The number of alkyl halides is 1. The van der Waals surface area contributed by atoms with E-state index in [9.17, 15) is 0 Å². The van der Waals surface area contributed by atoms with Crippen molar-refractivity contribution >= 4 is 11.6 Å². The maximum atomic E-state index is 5.42. The van der Waals surface area contributed by atoms with Gasteiger partial charge in [-0.3, -0.25) is 0 Å². The standard InChI is InChI=1S/C4H7ClO.C4H8O/c5-1-4-2-6-3-4;1-4-2-5-3-4/h4H,1-3H2;4H,2-3H2,1H3. The van der Waals surface area contributed by atoms with Crippen molar-refractivity contribution in [1.29, 1.82) is 0 Å². The van der Waals surface area contributed by atoms with Crippen LogP contribution in [0.2, 0.25) is 0 Å². The molecule has 0 aromatic heterocycles. The Balaban J connectivity index is 0.000000112. The number of hydrogen-bond donors (Lipinski definition) is 0. The fraction of sp³-hybridized carbons (Fsp3) is 1.00. The molecule has 0 N–H and O–H groups in total. The summed E-state index contributed by atoms with van der Waals surface area (Å²) in [4.78, 5) is 0.